The molecule has 0 aliphatic heterocycles. The van der Waals surface area contributed by atoms with Crippen LogP contribution in [0.25, 0.3) is 0 Å². The first kappa shape index (κ1) is 16.2. The Labute approximate surface area is 132 Å². The quantitative estimate of drug-likeness (QED) is 0.860. The first-order valence-corrected chi connectivity index (χ1v) is 7.70. The number of hydrogen-bond acceptors (Lipinski definition) is 2. The molecule has 3 N–H and O–H groups in total. The molecule has 0 spiro atoms. The van der Waals surface area contributed by atoms with Crippen molar-refractivity contribution in [1.82, 2.24) is 5.32 Å². The van der Waals surface area contributed by atoms with E-state index in [0.717, 1.165) is 12.0 Å². The molecule has 0 bridgehead atoms. The van der Waals surface area contributed by atoms with E-state index in [4.69, 9.17) is 5.73 Å². The molecular weight excluding hydrogens is 272 g/mol. The van der Waals surface area contributed by atoms with Crippen molar-refractivity contribution in [3.05, 3.63) is 71.3 Å². The zero-order valence-electron chi connectivity index (χ0n) is 13.3. The van der Waals surface area contributed by atoms with Gasteiger partial charge in [0.25, 0.3) is 0 Å². The van der Waals surface area contributed by atoms with Crippen molar-refractivity contribution >= 4 is 5.91 Å². The molecule has 1 amide bonds. The van der Waals surface area contributed by atoms with Crippen LogP contribution in [0.1, 0.15) is 36.1 Å². The van der Waals surface area contributed by atoms with Crippen LogP contribution in [0.3, 0.4) is 0 Å². The van der Waals surface area contributed by atoms with Crippen LogP contribution in [0.2, 0.25) is 0 Å². The molecule has 0 saturated carbocycles. The molecule has 116 valence electrons. The van der Waals surface area contributed by atoms with Gasteiger partial charge in [-0.2, -0.15) is 0 Å². The molecule has 0 saturated heterocycles. The average molecular weight is 296 g/mol. The van der Waals surface area contributed by atoms with E-state index in [1.54, 1.807) is 0 Å². The second-order valence-corrected chi connectivity index (χ2v) is 5.82. The van der Waals surface area contributed by atoms with E-state index in [0.29, 0.717) is 6.42 Å². The fourth-order valence-electron chi connectivity index (χ4n) is 2.57. The van der Waals surface area contributed by atoms with Gasteiger partial charge in [-0.3, -0.25) is 4.79 Å². The van der Waals surface area contributed by atoms with Crippen LogP contribution in [0.4, 0.5) is 0 Å². The lowest BCUT2D eigenvalue weighted by Gasteiger charge is -2.17. The second kappa shape index (κ2) is 7.76. The summed E-state index contributed by atoms with van der Waals surface area (Å²) in [6, 6.07) is 17.8. The maximum absolute atomic E-state index is 12.1. The smallest absolute Gasteiger partial charge is 0.222 e. The number of nitrogens with one attached hydrogen (secondary N) is 1. The van der Waals surface area contributed by atoms with E-state index in [9.17, 15) is 4.79 Å². The van der Waals surface area contributed by atoms with E-state index in [1.165, 1.54) is 11.1 Å². The Kier molecular flexibility index (Phi) is 5.73. The highest BCUT2D eigenvalue weighted by atomic mass is 16.1. The van der Waals surface area contributed by atoms with Gasteiger partial charge in [0.1, 0.15) is 0 Å². The van der Waals surface area contributed by atoms with Crippen LogP contribution in [0.5, 0.6) is 0 Å². The van der Waals surface area contributed by atoms with Gasteiger partial charge in [0.05, 0.1) is 0 Å². The Morgan fingerprint density at radius 2 is 1.73 bits per heavy atom. The summed E-state index contributed by atoms with van der Waals surface area (Å²) in [5.41, 5.74) is 9.60. The topological polar surface area (TPSA) is 55.1 Å². The minimum atomic E-state index is -0.258. The highest BCUT2D eigenvalue weighted by molar-refractivity contribution is 5.77. The van der Waals surface area contributed by atoms with Gasteiger partial charge in [0, 0.05) is 18.5 Å². The zero-order chi connectivity index (χ0) is 15.9. The number of carbonyl (C=O) groups excluding carboxylic acids is 1. The molecule has 0 heterocycles. The normalized spacial score (nSPS) is 13.4. The Balaban J connectivity index is 1.85. The Morgan fingerprint density at radius 1 is 1.09 bits per heavy atom. The maximum atomic E-state index is 12.1. The summed E-state index contributed by atoms with van der Waals surface area (Å²) in [4.78, 5) is 12.1. The Hall–Kier alpha value is -2.13. The second-order valence-electron chi connectivity index (χ2n) is 5.82. The van der Waals surface area contributed by atoms with Crippen LogP contribution in [0, 0.1) is 6.92 Å². The summed E-state index contributed by atoms with van der Waals surface area (Å²) >= 11 is 0. The molecule has 0 fully saturated rings. The van der Waals surface area contributed by atoms with Gasteiger partial charge < -0.3 is 11.1 Å². The predicted molar refractivity (Wildman–Crippen MR) is 90.5 cm³/mol. The molecule has 0 radical (unpaired) electrons. The lowest BCUT2D eigenvalue weighted by Crippen LogP contribution is -2.36. The van der Waals surface area contributed by atoms with E-state index in [-0.39, 0.29) is 18.0 Å². The molecule has 2 rings (SSSR count). The Morgan fingerprint density at radius 3 is 2.41 bits per heavy atom. The molecule has 2 aromatic rings. The van der Waals surface area contributed by atoms with Crippen molar-refractivity contribution in [2.75, 3.05) is 0 Å². The van der Waals surface area contributed by atoms with Crippen LogP contribution in [0.15, 0.2) is 54.6 Å². The minimum Gasteiger partial charge on any atom is -0.353 e. The van der Waals surface area contributed by atoms with Crippen molar-refractivity contribution in [1.29, 1.82) is 0 Å². The number of nitrogens with two attached hydrogens (primary N) is 1. The Bertz CT molecular complexity index is 610. The van der Waals surface area contributed by atoms with Crippen LogP contribution in [-0.4, -0.2) is 11.9 Å². The summed E-state index contributed by atoms with van der Waals surface area (Å²) in [6.45, 7) is 4.12. The van der Waals surface area contributed by atoms with Crippen LogP contribution < -0.4 is 11.1 Å². The third-order valence-corrected chi connectivity index (χ3v) is 3.83. The number of aryl methyl sites for hydroxylation is 1. The first-order valence-electron chi connectivity index (χ1n) is 7.70. The number of carbonyl (C=O) groups is 1. The van der Waals surface area contributed by atoms with Gasteiger partial charge in [-0.15, -0.1) is 0 Å². The molecule has 2 unspecified atom stereocenters. The SMILES string of the molecule is Cc1ccccc1CC(C)NC(=O)CC(N)c1ccccc1. The molecule has 3 heteroatoms. The third kappa shape index (κ3) is 4.71. The summed E-state index contributed by atoms with van der Waals surface area (Å²) in [5.74, 6) is -0.00237. The lowest BCUT2D eigenvalue weighted by atomic mass is 10.0. The van der Waals surface area contributed by atoms with Crippen molar-refractivity contribution < 1.29 is 4.79 Å². The molecule has 0 aliphatic rings. The van der Waals surface area contributed by atoms with E-state index in [2.05, 4.69) is 24.4 Å². The monoisotopic (exact) mass is 296 g/mol. The number of amides is 1. The number of benzene rings is 2. The summed E-state index contributed by atoms with van der Waals surface area (Å²) in [6.07, 6.45) is 1.14. The van der Waals surface area contributed by atoms with Gasteiger partial charge in [-0.25, -0.2) is 0 Å². The highest BCUT2D eigenvalue weighted by Crippen LogP contribution is 2.14. The number of hydrogen-bond donors (Lipinski definition) is 2. The van der Waals surface area contributed by atoms with Gasteiger partial charge in [0.15, 0.2) is 0 Å². The van der Waals surface area contributed by atoms with Gasteiger partial charge in [-0.1, -0.05) is 54.6 Å². The van der Waals surface area contributed by atoms with Crippen molar-refractivity contribution in [3.63, 3.8) is 0 Å². The average Bonchev–Trinajstić information content (AvgIpc) is 2.50. The molecule has 0 aromatic heterocycles. The predicted octanol–water partition coefficient (Wildman–Crippen LogP) is 3.13. The summed E-state index contributed by atoms with van der Waals surface area (Å²) in [7, 11) is 0. The van der Waals surface area contributed by atoms with E-state index < -0.39 is 0 Å². The molecule has 0 aliphatic carbocycles. The molecular formula is C19H24N2O. The maximum Gasteiger partial charge on any atom is 0.222 e. The van der Waals surface area contributed by atoms with E-state index in [1.807, 2.05) is 49.4 Å². The fraction of sp³-hybridized carbons (Fsp3) is 0.316. The third-order valence-electron chi connectivity index (χ3n) is 3.83. The van der Waals surface area contributed by atoms with Gasteiger partial charge in [0.2, 0.25) is 5.91 Å². The zero-order valence-corrected chi connectivity index (χ0v) is 13.3. The van der Waals surface area contributed by atoms with E-state index >= 15 is 0 Å². The van der Waals surface area contributed by atoms with Gasteiger partial charge >= 0.3 is 0 Å². The molecule has 2 aromatic carbocycles. The standard InChI is InChI=1S/C19H24N2O/c1-14-8-6-7-11-17(14)12-15(2)21-19(22)13-18(20)16-9-4-3-5-10-16/h3-11,15,18H,12-13,20H2,1-2H3,(H,21,22). The van der Waals surface area contributed by atoms with Crippen molar-refractivity contribution in [3.8, 4) is 0 Å². The fourth-order valence-corrected chi connectivity index (χ4v) is 2.57. The first-order chi connectivity index (χ1) is 10.6. The molecule has 3 nitrogen and oxygen atoms in total. The molecule has 2 atom stereocenters. The molecule has 22 heavy (non-hydrogen) atoms. The van der Waals surface area contributed by atoms with Crippen LogP contribution >= 0.6 is 0 Å². The largest absolute Gasteiger partial charge is 0.353 e. The van der Waals surface area contributed by atoms with Gasteiger partial charge in [-0.05, 0) is 37.0 Å². The highest BCUT2D eigenvalue weighted by Gasteiger charge is 2.14. The summed E-state index contributed by atoms with van der Waals surface area (Å²) in [5, 5.41) is 3.04. The van der Waals surface area contributed by atoms with Crippen molar-refractivity contribution in [2.24, 2.45) is 5.73 Å². The lowest BCUT2D eigenvalue weighted by molar-refractivity contribution is -0.122. The summed E-state index contributed by atoms with van der Waals surface area (Å²) < 4.78 is 0. The van der Waals surface area contributed by atoms with Crippen molar-refractivity contribution in [2.45, 2.75) is 38.8 Å². The number of rotatable bonds is 6. The minimum absolute atomic E-state index is 0.00237. The van der Waals surface area contributed by atoms with Crippen LogP contribution in [-0.2, 0) is 11.2 Å².